The van der Waals surface area contributed by atoms with Gasteiger partial charge in [0.15, 0.2) is 0 Å². The molecule has 0 spiro atoms. The summed E-state index contributed by atoms with van der Waals surface area (Å²) in [6.07, 6.45) is 3.18. The average molecular weight is 347 g/mol. The number of amides is 2. The van der Waals surface area contributed by atoms with Gasteiger partial charge in [0.2, 0.25) is 11.8 Å². The third kappa shape index (κ3) is 5.19. The highest BCUT2D eigenvalue weighted by Crippen LogP contribution is 2.24. The standard InChI is InChI=1S/C19H29N3O3/c1-19(2,17(23)20-11-6-14-25-3)18(24)21-15-7-9-16(10-8-15)22-12-4-5-13-22/h7-10H,4-6,11-14H2,1-3H3,(H,20,23)(H,21,24). The molecule has 1 aliphatic heterocycles. The van der Waals surface area contributed by atoms with Crippen molar-refractivity contribution in [2.24, 2.45) is 5.41 Å². The van der Waals surface area contributed by atoms with Gasteiger partial charge in [0.05, 0.1) is 0 Å². The minimum atomic E-state index is -1.14. The second kappa shape index (κ2) is 8.85. The van der Waals surface area contributed by atoms with Gasteiger partial charge < -0.3 is 20.3 Å². The molecular formula is C19H29N3O3. The lowest BCUT2D eigenvalue weighted by molar-refractivity contribution is -0.138. The molecule has 1 aromatic rings. The van der Waals surface area contributed by atoms with Gasteiger partial charge >= 0.3 is 0 Å². The normalized spacial score (nSPS) is 14.4. The lowest BCUT2D eigenvalue weighted by Crippen LogP contribution is -2.45. The van der Waals surface area contributed by atoms with E-state index in [1.165, 1.54) is 18.5 Å². The number of anilines is 2. The minimum absolute atomic E-state index is 0.283. The fraction of sp³-hybridized carbons (Fsp3) is 0.579. The highest BCUT2D eigenvalue weighted by atomic mass is 16.5. The number of nitrogens with zero attached hydrogens (tertiary/aromatic N) is 1. The first kappa shape index (κ1) is 19.2. The fourth-order valence-corrected chi connectivity index (χ4v) is 2.76. The van der Waals surface area contributed by atoms with Crippen LogP contribution in [0.3, 0.4) is 0 Å². The summed E-state index contributed by atoms with van der Waals surface area (Å²) in [7, 11) is 1.62. The van der Waals surface area contributed by atoms with Crippen molar-refractivity contribution in [2.75, 3.05) is 43.6 Å². The topological polar surface area (TPSA) is 70.7 Å². The summed E-state index contributed by atoms with van der Waals surface area (Å²) in [4.78, 5) is 27.1. The number of methoxy groups -OCH3 is 1. The zero-order valence-electron chi connectivity index (χ0n) is 15.4. The van der Waals surface area contributed by atoms with Crippen LogP contribution in [0.25, 0.3) is 0 Å². The highest BCUT2D eigenvalue weighted by molar-refractivity contribution is 6.09. The van der Waals surface area contributed by atoms with Crippen molar-refractivity contribution < 1.29 is 14.3 Å². The molecule has 6 nitrogen and oxygen atoms in total. The molecule has 1 saturated heterocycles. The number of carbonyl (C=O) groups is 2. The molecule has 25 heavy (non-hydrogen) atoms. The van der Waals surface area contributed by atoms with Crippen LogP contribution in [0, 0.1) is 5.41 Å². The number of hydrogen-bond donors (Lipinski definition) is 2. The Morgan fingerprint density at radius 3 is 2.36 bits per heavy atom. The summed E-state index contributed by atoms with van der Waals surface area (Å²) in [5.74, 6) is -0.597. The van der Waals surface area contributed by atoms with E-state index in [-0.39, 0.29) is 11.8 Å². The monoisotopic (exact) mass is 347 g/mol. The van der Waals surface area contributed by atoms with Crippen molar-refractivity contribution >= 4 is 23.2 Å². The van der Waals surface area contributed by atoms with Crippen LogP contribution in [0.4, 0.5) is 11.4 Å². The fourth-order valence-electron chi connectivity index (χ4n) is 2.76. The second-order valence-electron chi connectivity index (χ2n) is 6.92. The van der Waals surface area contributed by atoms with Crippen LogP contribution in [-0.2, 0) is 14.3 Å². The maximum Gasteiger partial charge on any atom is 0.239 e. The van der Waals surface area contributed by atoms with Gasteiger partial charge in [-0.2, -0.15) is 0 Å². The summed E-state index contributed by atoms with van der Waals surface area (Å²) in [5.41, 5.74) is 0.736. The van der Waals surface area contributed by atoms with E-state index in [4.69, 9.17) is 4.74 Å². The van der Waals surface area contributed by atoms with Gasteiger partial charge in [-0.1, -0.05) is 0 Å². The predicted octanol–water partition coefficient (Wildman–Crippen LogP) is 2.40. The molecule has 0 aliphatic carbocycles. The third-order valence-electron chi connectivity index (χ3n) is 4.54. The Labute approximate surface area is 149 Å². The molecule has 0 atom stereocenters. The number of nitrogens with one attached hydrogen (secondary N) is 2. The maximum atomic E-state index is 12.5. The Balaban J connectivity index is 1.89. The molecule has 1 fully saturated rings. The SMILES string of the molecule is COCCCNC(=O)C(C)(C)C(=O)Nc1ccc(N2CCCC2)cc1. The summed E-state index contributed by atoms with van der Waals surface area (Å²) in [6, 6.07) is 7.80. The van der Waals surface area contributed by atoms with Crippen molar-refractivity contribution in [3.8, 4) is 0 Å². The molecule has 6 heteroatoms. The number of ether oxygens (including phenoxy) is 1. The number of hydrogen-bond acceptors (Lipinski definition) is 4. The molecule has 1 aromatic carbocycles. The van der Waals surface area contributed by atoms with Gasteiger partial charge in [-0.25, -0.2) is 0 Å². The molecular weight excluding hydrogens is 318 g/mol. The molecule has 0 unspecified atom stereocenters. The van der Waals surface area contributed by atoms with Crippen LogP contribution in [0.15, 0.2) is 24.3 Å². The summed E-state index contributed by atoms with van der Waals surface area (Å²) >= 11 is 0. The highest BCUT2D eigenvalue weighted by Gasteiger charge is 2.35. The predicted molar refractivity (Wildman–Crippen MR) is 99.8 cm³/mol. The van der Waals surface area contributed by atoms with Crippen LogP contribution >= 0.6 is 0 Å². The molecule has 2 amide bonds. The summed E-state index contributed by atoms with van der Waals surface area (Å²) < 4.78 is 4.95. The molecule has 1 aliphatic rings. The molecule has 2 N–H and O–H groups in total. The third-order valence-corrected chi connectivity index (χ3v) is 4.54. The quantitative estimate of drug-likeness (QED) is 0.560. The minimum Gasteiger partial charge on any atom is -0.385 e. The van der Waals surface area contributed by atoms with E-state index in [9.17, 15) is 9.59 Å². The van der Waals surface area contributed by atoms with Gasteiger partial charge in [-0.05, 0) is 57.4 Å². The van der Waals surface area contributed by atoms with Crippen molar-refractivity contribution in [3.63, 3.8) is 0 Å². The molecule has 0 aromatic heterocycles. The van der Waals surface area contributed by atoms with Gasteiger partial charge in [0, 0.05) is 44.7 Å². The first-order chi connectivity index (χ1) is 11.9. The van der Waals surface area contributed by atoms with Gasteiger partial charge in [-0.15, -0.1) is 0 Å². The average Bonchev–Trinajstić information content (AvgIpc) is 3.13. The van der Waals surface area contributed by atoms with Crippen LogP contribution in [0.2, 0.25) is 0 Å². The van der Waals surface area contributed by atoms with Crippen molar-refractivity contribution in [3.05, 3.63) is 24.3 Å². The van der Waals surface area contributed by atoms with Crippen LogP contribution in [0.1, 0.15) is 33.1 Å². The van der Waals surface area contributed by atoms with Crippen LogP contribution < -0.4 is 15.5 Å². The lowest BCUT2D eigenvalue weighted by atomic mass is 9.91. The van der Waals surface area contributed by atoms with Gasteiger partial charge in [-0.3, -0.25) is 9.59 Å². The number of carbonyl (C=O) groups excluding carboxylic acids is 2. The molecule has 1 heterocycles. The van der Waals surface area contributed by atoms with E-state index in [1.807, 2.05) is 24.3 Å². The zero-order chi connectivity index (χ0) is 18.3. The Bertz CT molecular complexity index is 578. The molecule has 2 rings (SSSR count). The Morgan fingerprint density at radius 2 is 1.76 bits per heavy atom. The van der Waals surface area contributed by atoms with Gasteiger partial charge in [0.25, 0.3) is 0 Å². The van der Waals surface area contributed by atoms with Crippen LogP contribution in [-0.4, -0.2) is 45.2 Å². The van der Waals surface area contributed by atoms with Crippen LogP contribution in [0.5, 0.6) is 0 Å². The lowest BCUT2D eigenvalue weighted by Gasteiger charge is -2.23. The van der Waals surface area contributed by atoms with E-state index in [0.29, 0.717) is 18.8 Å². The van der Waals surface area contributed by atoms with E-state index in [0.717, 1.165) is 19.5 Å². The molecule has 0 bridgehead atoms. The first-order valence-electron chi connectivity index (χ1n) is 8.89. The second-order valence-corrected chi connectivity index (χ2v) is 6.92. The molecule has 0 saturated carbocycles. The van der Waals surface area contributed by atoms with E-state index >= 15 is 0 Å². The maximum absolute atomic E-state index is 12.5. The zero-order valence-corrected chi connectivity index (χ0v) is 15.4. The smallest absolute Gasteiger partial charge is 0.239 e. The first-order valence-corrected chi connectivity index (χ1v) is 8.89. The van der Waals surface area contributed by atoms with Crippen molar-refractivity contribution in [1.29, 1.82) is 0 Å². The summed E-state index contributed by atoms with van der Waals surface area (Å²) in [6.45, 7) is 6.51. The van der Waals surface area contributed by atoms with E-state index < -0.39 is 5.41 Å². The molecule has 0 radical (unpaired) electrons. The largest absolute Gasteiger partial charge is 0.385 e. The summed E-state index contributed by atoms with van der Waals surface area (Å²) in [5, 5.41) is 5.62. The number of rotatable bonds is 8. The van der Waals surface area contributed by atoms with Crippen molar-refractivity contribution in [1.82, 2.24) is 5.32 Å². The number of benzene rings is 1. The molecule has 138 valence electrons. The van der Waals surface area contributed by atoms with E-state index in [2.05, 4.69) is 15.5 Å². The Morgan fingerprint density at radius 1 is 1.12 bits per heavy atom. The van der Waals surface area contributed by atoms with Gasteiger partial charge in [0.1, 0.15) is 5.41 Å². The Kier molecular flexibility index (Phi) is 6.82. The van der Waals surface area contributed by atoms with Crippen molar-refractivity contribution in [2.45, 2.75) is 33.1 Å². The Hall–Kier alpha value is -2.08. The van der Waals surface area contributed by atoms with E-state index in [1.54, 1.807) is 21.0 Å².